The molecule has 0 saturated heterocycles. The first kappa shape index (κ1) is 21.2. The monoisotopic (exact) mass is 410 g/mol. The molecule has 3 aromatic rings. The molecular weight excluding hydrogens is 388 g/mol. The minimum absolute atomic E-state index is 0.0369. The second-order valence-electron chi connectivity index (χ2n) is 6.69. The lowest BCUT2D eigenvalue weighted by Crippen LogP contribution is -2.32. The Hall–Kier alpha value is -3.49. The largest absolute Gasteiger partial charge is 0.507 e. The number of benzene rings is 2. The average Bonchev–Trinajstić information content (AvgIpc) is 2.74. The van der Waals surface area contributed by atoms with Crippen LogP contribution < -0.4 is 16.3 Å². The number of aliphatic hydroxyl groups is 1. The van der Waals surface area contributed by atoms with Gasteiger partial charge >= 0.3 is 5.63 Å². The second kappa shape index (κ2) is 9.34. The first-order chi connectivity index (χ1) is 14.5. The molecule has 0 radical (unpaired) electrons. The summed E-state index contributed by atoms with van der Waals surface area (Å²) in [5.41, 5.74) is 1.28. The highest BCUT2D eigenvalue weighted by molar-refractivity contribution is 6.00. The Morgan fingerprint density at radius 3 is 2.50 bits per heavy atom. The molecule has 0 atom stereocenters. The van der Waals surface area contributed by atoms with Crippen molar-refractivity contribution in [2.75, 3.05) is 26.2 Å². The minimum atomic E-state index is -0.638. The fourth-order valence-electron chi connectivity index (χ4n) is 3.23. The molecule has 2 aromatic carbocycles. The van der Waals surface area contributed by atoms with Gasteiger partial charge in [0, 0.05) is 30.6 Å². The molecule has 4 N–H and O–H groups in total. The standard InChI is InChI=1S/C22H22N2O6/c1-13-16-6-7-18(27)17(12-26)20(16)30-22(29)19(13)14-2-4-15(5-3-14)21(28)24-9-8-23-10-11-25/h2-7,12,23,25,27H,8-11H2,1H3,(H,24,28). The molecule has 8 nitrogen and oxygen atoms in total. The summed E-state index contributed by atoms with van der Waals surface area (Å²) in [5, 5.41) is 24.8. The van der Waals surface area contributed by atoms with Gasteiger partial charge in [-0.2, -0.15) is 0 Å². The van der Waals surface area contributed by atoms with Crippen LogP contribution >= 0.6 is 0 Å². The molecule has 1 aromatic heterocycles. The number of hydrogen-bond donors (Lipinski definition) is 4. The maximum Gasteiger partial charge on any atom is 0.344 e. The van der Waals surface area contributed by atoms with Gasteiger partial charge in [0.2, 0.25) is 0 Å². The quantitative estimate of drug-likeness (QED) is 0.252. The summed E-state index contributed by atoms with van der Waals surface area (Å²) in [4.78, 5) is 36.1. The van der Waals surface area contributed by atoms with Crippen LogP contribution in [-0.2, 0) is 0 Å². The Balaban J connectivity index is 1.88. The Morgan fingerprint density at radius 2 is 1.83 bits per heavy atom. The van der Waals surface area contributed by atoms with E-state index in [1.165, 1.54) is 6.07 Å². The normalized spacial score (nSPS) is 10.9. The van der Waals surface area contributed by atoms with Crippen molar-refractivity contribution >= 4 is 23.2 Å². The summed E-state index contributed by atoms with van der Waals surface area (Å²) in [6, 6.07) is 9.51. The molecule has 0 unspecified atom stereocenters. The summed E-state index contributed by atoms with van der Waals surface area (Å²) in [5.74, 6) is -0.504. The smallest absolute Gasteiger partial charge is 0.344 e. The van der Waals surface area contributed by atoms with Crippen molar-refractivity contribution in [3.63, 3.8) is 0 Å². The topological polar surface area (TPSA) is 129 Å². The molecule has 30 heavy (non-hydrogen) atoms. The number of aryl methyl sites for hydroxylation is 1. The van der Waals surface area contributed by atoms with Crippen molar-refractivity contribution in [3.05, 3.63) is 63.5 Å². The molecule has 0 aliphatic heterocycles. The van der Waals surface area contributed by atoms with Crippen molar-refractivity contribution in [2.24, 2.45) is 0 Å². The lowest BCUT2D eigenvalue weighted by Gasteiger charge is -2.11. The minimum Gasteiger partial charge on any atom is -0.507 e. The van der Waals surface area contributed by atoms with Crippen LogP contribution in [0.15, 0.2) is 45.6 Å². The number of phenolic OH excluding ortho intramolecular Hbond substituents is 1. The summed E-state index contributed by atoms with van der Waals surface area (Å²) < 4.78 is 5.34. The summed E-state index contributed by atoms with van der Waals surface area (Å²) in [6.45, 7) is 3.20. The van der Waals surface area contributed by atoms with Gasteiger partial charge in [0.25, 0.3) is 5.91 Å². The van der Waals surface area contributed by atoms with E-state index in [0.717, 1.165) is 0 Å². The van der Waals surface area contributed by atoms with E-state index >= 15 is 0 Å². The first-order valence-corrected chi connectivity index (χ1v) is 9.42. The van der Waals surface area contributed by atoms with E-state index < -0.39 is 5.63 Å². The molecule has 0 aliphatic rings. The van der Waals surface area contributed by atoms with E-state index in [2.05, 4.69) is 10.6 Å². The SMILES string of the molecule is Cc1c(-c2ccc(C(=O)NCCNCCO)cc2)c(=O)oc2c(C=O)c(O)ccc12. The lowest BCUT2D eigenvalue weighted by molar-refractivity contribution is 0.0953. The third kappa shape index (κ3) is 4.24. The van der Waals surface area contributed by atoms with Crippen LogP contribution in [0.25, 0.3) is 22.1 Å². The van der Waals surface area contributed by atoms with E-state index in [1.54, 1.807) is 37.3 Å². The van der Waals surface area contributed by atoms with Crippen LogP contribution in [0.4, 0.5) is 0 Å². The highest BCUT2D eigenvalue weighted by atomic mass is 16.4. The number of rotatable bonds is 8. The van der Waals surface area contributed by atoms with Crippen molar-refractivity contribution in [3.8, 4) is 16.9 Å². The van der Waals surface area contributed by atoms with Crippen LogP contribution in [0.2, 0.25) is 0 Å². The molecule has 156 valence electrons. The number of aliphatic hydroxyl groups excluding tert-OH is 1. The number of amides is 1. The van der Waals surface area contributed by atoms with Crippen molar-refractivity contribution < 1.29 is 24.2 Å². The van der Waals surface area contributed by atoms with Crippen molar-refractivity contribution in [2.45, 2.75) is 6.92 Å². The summed E-state index contributed by atoms with van der Waals surface area (Å²) >= 11 is 0. The Kier molecular flexibility index (Phi) is 6.61. The second-order valence-corrected chi connectivity index (χ2v) is 6.69. The molecule has 0 aliphatic carbocycles. The van der Waals surface area contributed by atoms with Crippen LogP contribution in [0, 0.1) is 6.92 Å². The number of fused-ring (bicyclic) bond motifs is 1. The van der Waals surface area contributed by atoms with Gasteiger partial charge in [0.1, 0.15) is 5.75 Å². The van der Waals surface area contributed by atoms with E-state index in [0.29, 0.717) is 53.6 Å². The molecule has 0 fully saturated rings. The highest BCUT2D eigenvalue weighted by Crippen LogP contribution is 2.31. The van der Waals surface area contributed by atoms with Gasteiger partial charge in [-0.1, -0.05) is 12.1 Å². The number of aldehydes is 1. The molecular formula is C22H22N2O6. The molecule has 1 amide bonds. The Morgan fingerprint density at radius 1 is 1.10 bits per heavy atom. The summed E-state index contributed by atoms with van der Waals surface area (Å²) in [6.07, 6.45) is 0.451. The van der Waals surface area contributed by atoms with Gasteiger partial charge < -0.3 is 25.3 Å². The van der Waals surface area contributed by atoms with Crippen LogP contribution in [0.5, 0.6) is 5.75 Å². The number of carbonyl (C=O) groups excluding carboxylic acids is 2. The third-order valence-electron chi connectivity index (χ3n) is 4.78. The number of nitrogens with one attached hydrogen (secondary N) is 2. The molecule has 8 heteroatoms. The van der Waals surface area contributed by atoms with E-state index in [4.69, 9.17) is 9.52 Å². The van der Waals surface area contributed by atoms with E-state index in [1.807, 2.05) is 0 Å². The molecule has 0 saturated carbocycles. The summed E-state index contributed by atoms with van der Waals surface area (Å²) in [7, 11) is 0. The fourth-order valence-corrected chi connectivity index (χ4v) is 3.23. The van der Waals surface area contributed by atoms with Gasteiger partial charge in [-0.15, -0.1) is 0 Å². The molecule has 3 rings (SSSR count). The van der Waals surface area contributed by atoms with Crippen molar-refractivity contribution in [1.29, 1.82) is 0 Å². The predicted molar refractivity (Wildman–Crippen MR) is 112 cm³/mol. The zero-order valence-corrected chi connectivity index (χ0v) is 16.4. The maximum absolute atomic E-state index is 12.6. The van der Waals surface area contributed by atoms with Gasteiger partial charge in [-0.25, -0.2) is 4.79 Å². The number of hydrogen-bond acceptors (Lipinski definition) is 7. The Bertz CT molecular complexity index is 1140. The van der Waals surface area contributed by atoms with Gasteiger partial charge in [0.15, 0.2) is 11.9 Å². The first-order valence-electron chi connectivity index (χ1n) is 9.42. The van der Waals surface area contributed by atoms with Crippen LogP contribution in [-0.4, -0.2) is 48.6 Å². The lowest BCUT2D eigenvalue weighted by atomic mass is 9.97. The highest BCUT2D eigenvalue weighted by Gasteiger charge is 2.17. The number of phenols is 1. The zero-order chi connectivity index (χ0) is 21.7. The van der Waals surface area contributed by atoms with Gasteiger partial charge in [-0.05, 0) is 42.3 Å². The Labute approximate surface area is 172 Å². The van der Waals surface area contributed by atoms with Gasteiger partial charge in [-0.3, -0.25) is 9.59 Å². The van der Waals surface area contributed by atoms with Crippen molar-refractivity contribution in [1.82, 2.24) is 10.6 Å². The number of carbonyl (C=O) groups is 2. The van der Waals surface area contributed by atoms with Crippen LogP contribution in [0.1, 0.15) is 26.3 Å². The number of aromatic hydroxyl groups is 1. The van der Waals surface area contributed by atoms with Gasteiger partial charge in [0.05, 0.1) is 17.7 Å². The van der Waals surface area contributed by atoms with Crippen LogP contribution in [0.3, 0.4) is 0 Å². The fraction of sp³-hybridized carbons (Fsp3) is 0.227. The predicted octanol–water partition coefficient (Wildman–Crippen LogP) is 1.60. The maximum atomic E-state index is 12.6. The zero-order valence-electron chi connectivity index (χ0n) is 16.4. The molecule has 0 bridgehead atoms. The average molecular weight is 410 g/mol. The third-order valence-corrected chi connectivity index (χ3v) is 4.78. The van der Waals surface area contributed by atoms with E-state index in [-0.39, 0.29) is 29.4 Å². The van der Waals surface area contributed by atoms with E-state index in [9.17, 15) is 19.5 Å². The molecule has 1 heterocycles. The molecule has 0 spiro atoms.